The Morgan fingerprint density at radius 3 is 2.54 bits per heavy atom. The number of hydrogen-bond acceptors (Lipinski definition) is 5. The SMILES string of the molecule is CC(=O)c1ccc(N2CC(C)OC(c3ccc(F)cc3)C2)c([N+](=O)[O-])c1. The fraction of sp³-hybridized carbons (Fsp3) is 0.316. The number of carbonyl (C=O) groups excluding carboxylic acids is 1. The molecular formula is C19H19FN2O4. The van der Waals surface area contributed by atoms with Crippen molar-refractivity contribution in [1.82, 2.24) is 0 Å². The Labute approximate surface area is 150 Å². The van der Waals surface area contributed by atoms with Crippen LogP contribution in [0.25, 0.3) is 0 Å². The van der Waals surface area contributed by atoms with Gasteiger partial charge in [0, 0.05) is 24.7 Å². The summed E-state index contributed by atoms with van der Waals surface area (Å²) in [5, 5.41) is 11.5. The maximum absolute atomic E-state index is 13.2. The molecule has 1 heterocycles. The van der Waals surface area contributed by atoms with Crippen molar-refractivity contribution < 1.29 is 18.8 Å². The summed E-state index contributed by atoms with van der Waals surface area (Å²) >= 11 is 0. The molecule has 2 unspecified atom stereocenters. The first-order valence-electron chi connectivity index (χ1n) is 8.30. The lowest BCUT2D eigenvalue weighted by atomic mass is 10.0. The fourth-order valence-corrected chi connectivity index (χ4v) is 3.17. The molecule has 0 radical (unpaired) electrons. The van der Waals surface area contributed by atoms with Gasteiger partial charge in [-0.2, -0.15) is 0 Å². The fourth-order valence-electron chi connectivity index (χ4n) is 3.17. The van der Waals surface area contributed by atoms with Crippen molar-refractivity contribution in [2.24, 2.45) is 0 Å². The third-order valence-electron chi connectivity index (χ3n) is 4.42. The van der Waals surface area contributed by atoms with Crippen molar-refractivity contribution in [2.75, 3.05) is 18.0 Å². The van der Waals surface area contributed by atoms with E-state index in [1.165, 1.54) is 25.1 Å². The van der Waals surface area contributed by atoms with Gasteiger partial charge in [0.15, 0.2) is 5.78 Å². The quantitative estimate of drug-likeness (QED) is 0.471. The van der Waals surface area contributed by atoms with Gasteiger partial charge in [0.1, 0.15) is 17.6 Å². The van der Waals surface area contributed by atoms with E-state index in [1.54, 1.807) is 24.3 Å². The van der Waals surface area contributed by atoms with Crippen LogP contribution in [0, 0.1) is 15.9 Å². The Hall–Kier alpha value is -2.80. The number of hydrogen-bond donors (Lipinski definition) is 0. The number of benzene rings is 2. The van der Waals surface area contributed by atoms with Crippen LogP contribution < -0.4 is 4.90 Å². The molecule has 6 nitrogen and oxygen atoms in total. The van der Waals surface area contributed by atoms with Crippen molar-refractivity contribution in [3.63, 3.8) is 0 Å². The molecule has 0 aromatic heterocycles. The Morgan fingerprint density at radius 1 is 1.23 bits per heavy atom. The van der Waals surface area contributed by atoms with E-state index in [1.807, 2.05) is 11.8 Å². The first kappa shape index (κ1) is 18.0. The molecule has 0 aliphatic carbocycles. The van der Waals surface area contributed by atoms with Gasteiger partial charge in [-0.1, -0.05) is 12.1 Å². The molecule has 1 aliphatic rings. The normalized spacial score (nSPS) is 20.0. The van der Waals surface area contributed by atoms with Crippen molar-refractivity contribution >= 4 is 17.2 Å². The average Bonchev–Trinajstić information content (AvgIpc) is 2.61. The molecule has 2 atom stereocenters. The average molecular weight is 358 g/mol. The highest BCUT2D eigenvalue weighted by atomic mass is 19.1. The van der Waals surface area contributed by atoms with E-state index in [-0.39, 0.29) is 29.5 Å². The lowest BCUT2D eigenvalue weighted by molar-refractivity contribution is -0.384. The molecule has 0 N–H and O–H groups in total. The third-order valence-corrected chi connectivity index (χ3v) is 4.42. The maximum atomic E-state index is 13.2. The highest BCUT2D eigenvalue weighted by Gasteiger charge is 2.30. The number of ether oxygens (including phenoxy) is 1. The summed E-state index contributed by atoms with van der Waals surface area (Å²) in [4.78, 5) is 24.4. The molecule has 0 saturated carbocycles. The number of ketones is 1. The number of morpholine rings is 1. The summed E-state index contributed by atoms with van der Waals surface area (Å²) in [5.41, 5.74) is 1.45. The van der Waals surface area contributed by atoms with Crippen molar-refractivity contribution in [1.29, 1.82) is 0 Å². The van der Waals surface area contributed by atoms with E-state index in [0.29, 0.717) is 24.3 Å². The number of Topliss-reactive ketones (excluding diaryl/α,β-unsaturated/α-hetero) is 1. The van der Waals surface area contributed by atoms with E-state index in [2.05, 4.69) is 0 Å². The van der Waals surface area contributed by atoms with Gasteiger partial charge in [0.05, 0.1) is 11.0 Å². The predicted octanol–water partition coefficient (Wildman–Crippen LogP) is 3.90. The number of carbonyl (C=O) groups is 1. The van der Waals surface area contributed by atoms with Crippen molar-refractivity contribution in [2.45, 2.75) is 26.1 Å². The molecule has 3 rings (SSSR count). The van der Waals surface area contributed by atoms with Gasteiger partial charge in [0.25, 0.3) is 5.69 Å². The second-order valence-corrected chi connectivity index (χ2v) is 6.41. The maximum Gasteiger partial charge on any atom is 0.293 e. The second-order valence-electron chi connectivity index (χ2n) is 6.41. The molecule has 26 heavy (non-hydrogen) atoms. The second kappa shape index (κ2) is 7.21. The Bertz CT molecular complexity index is 838. The molecule has 2 aromatic carbocycles. The van der Waals surface area contributed by atoms with E-state index in [9.17, 15) is 19.3 Å². The lowest BCUT2D eigenvalue weighted by Crippen LogP contribution is -2.43. The van der Waals surface area contributed by atoms with Gasteiger partial charge in [-0.25, -0.2) is 4.39 Å². The van der Waals surface area contributed by atoms with Crippen LogP contribution in [0.1, 0.15) is 35.9 Å². The number of nitro groups is 1. The molecular weight excluding hydrogens is 339 g/mol. The summed E-state index contributed by atoms with van der Waals surface area (Å²) < 4.78 is 19.1. The molecule has 0 spiro atoms. The number of rotatable bonds is 4. The zero-order chi connectivity index (χ0) is 18.8. The van der Waals surface area contributed by atoms with Crippen LogP contribution >= 0.6 is 0 Å². The first-order valence-corrected chi connectivity index (χ1v) is 8.30. The van der Waals surface area contributed by atoms with Crippen LogP contribution in [0.2, 0.25) is 0 Å². The van der Waals surface area contributed by atoms with Gasteiger partial charge >= 0.3 is 0 Å². The molecule has 1 aliphatic heterocycles. The van der Waals surface area contributed by atoms with E-state index in [0.717, 1.165) is 5.56 Å². The van der Waals surface area contributed by atoms with E-state index in [4.69, 9.17) is 4.74 Å². The lowest BCUT2D eigenvalue weighted by Gasteiger charge is -2.38. The number of halogens is 1. The number of anilines is 1. The molecule has 136 valence electrons. The summed E-state index contributed by atoms with van der Waals surface area (Å²) in [5.74, 6) is -0.552. The van der Waals surface area contributed by atoms with Gasteiger partial charge in [-0.3, -0.25) is 14.9 Å². The van der Waals surface area contributed by atoms with Crippen LogP contribution in [0.15, 0.2) is 42.5 Å². The summed E-state index contributed by atoms with van der Waals surface area (Å²) in [6.07, 6.45) is -0.489. The molecule has 0 bridgehead atoms. The number of nitro benzene ring substituents is 1. The van der Waals surface area contributed by atoms with Gasteiger partial charge in [0.2, 0.25) is 0 Å². The van der Waals surface area contributed by atoms with Crippen LogP contribution in [-0.4, -0.2) is 29.9 Å². The molecule has 1 fully saturated rings. The van der Waals surface area contributed by atoms with Gasteiger partial charge < -0.3 is 9.64 Å². The molecule has 2 aromatic rings. The van der Waals surface area contributed by atoms with E-state index < -0.39 is 4.92 Å². The van der Waals surface area contributed by atoms with Crippen molar-refractivity contribution in [3.05, 3.63) is 69.5 Å². The summed E-state index contributed by atoms with van der Waals surface area (Å²) in [7, 11) is 0. The molecule has 1 saturated heterocycles. The first-order chi connectivity index (χ1) is 12.3. The Balaban J connectivity index is 1.94. The standard InChI is InChI=1S/C19H19FN2O4/c1-12-10-21(11-19(26-12)14-3-6-16(20)7-4-14)17-8-5-15(13(2)23)9-18(17)22(24)25/h3-9,12,19H,10-11H2,1-2H3. The monoisotopic (exact) mass is 358 g/mol. The topological polar surface area (TPSA) is 72.7 Å². The third kappa shape index (κ3) is 3.72. The van der Waals surface area contributed by atoms with Crippen LogP contribution in [0.5, 0.6) is 0 Å². The van der Waals surface area contributed by atoms with Gasteiger partial charge in [-0.05, 0) is 43.7 Å². The van der Waals surface area contributed by atoms with E-state index >= 15 is 0 Å². The predicted molar refractivity (Wildman–Crippen MR) is 95.0 cm³/mol. The van der Waals surface area contributed by atoms with Crippen LogP contribution in [-0.2, 0) is 4.74 Å². The molecule has 7 heteroatoms. The summed E-state index contributed by atoms with van der Waals surface area (Å²) in [6, 6.07) is 10.6. The number of nitrogens with zero attached hydrogens (tertiary/aromatic N) is 2. The Kier molecular flexibility index (Phi) is 4.99. The van der Waals surface area contributed by atoms with Crippen LogP contribution in [0.4, 0.5) is 15.8 Å². The highest BCUT2D eigenvalue weighted by Crippen LogP contribution is 2.34. The highest BCUT2D eigenvalue weighted by molar-refractivity contribution is 5.95. The van der Waals surface area contributed by atoms with Crippen LogP contribution in [0.3, 0.4) is 0 Å². The van der Waals surface area contributed by atoms with Gasteiger partial charge in [-0.15, -0.1) is 0 Å². The Morgan fingerprint density at radius 2 is 1.92 bits per heavy atom. The smallest absolute Gasteiger partial charge is 0.293 e. The minimum Gasteiger partial charge on any atom is -0.367 e. The zero-order valence-corrected chi connectivity index (χ0v) is 14.5. The summed E-state index contributed by atoms with van der Waals surface area (Å²) in [6.45, 7) is 4.15. The van der Waals surface area contributed by atoms with Crippen molar-refractivity contribution in [3.8, 4) is 0 Å². The largest absolute Gasteiger partial charge is 0.367 e. The minimum atomic E-state index is -0.477. The molecule has 0 amide bonds. The zero-order valence-electron chi connectivity index (χ0n) is 14.5. The minimum absolute atomic E-state index is 0.107.